The van der Waals surface area contributed by atoms with E-state index in [1.165, 1.54) is 45.4 Å². The van der Waals surface area contributed by atoms with Crippen molar-refractivity contribution in [2.24, 2.45) is 0 Å². The summed E-state index contributed by atoms with van der Waals surface area (Å²) in [6.07, 6.45) is 2.95. The predicted octanol–water partition coefficient (Wildman–Crippen LogP) is 12.2. The highest BCUT2D eigenvalue weighted by molar-refractivity contribution is 6.68. The molecule has 394 valence electrons. The summed E-state index contributed by atoms with van der Waals surface area (Å²) in [4.78, 5) is 54.8. The van der Waals surface area contributed by atoms with Crippen LogP contribution in [0.4, 0.5) is 9.59 Å². The third-order valence-electron chi connectivity index (χ3n) is 11.2. The van der Waals surface area contributed by atoms with Crippen LogP contribution < -0.4 is 10.6 Å². The van der Waals surface area contributed by atoms with Crippen LogP contribution in [0.2, 0.25) is 0 Å². The molecule has 1 aliphatic rings. The number of alkyl carbamates (subject to hydrolysis) is 1. The summed E-state index contributed by atoms with van der Waals surface area (Å²) in [5.74, 6) is -1.22. The molecule has 1 heterocycles. The van der Waals surface area contributed by atoms with Gasteiger partial charge in [0.25, 0.3) is 0 Å². The van der Waals surface area contributed by atoms with Crippen LogP contribution in [0, 0.1) is 0 Å². The van der Waals surface area contributed by atoms with E-state index < -0.39 is 87.7 Å². The van der Waals surface area contributed by atoms with Crippen molar-refractivity contribution < 1.29 is 57.1 Å². The van der Waals surface area contributed by atoms with E-state index in [-0.39, 0.29) is 32.8 Å². The lowest BCUT2D eigenvalue weighted by Gasteiger charge is -2.46. The van der Waals surface area contributed by atoms with E-state index >= 15 is 0 Å². The summed E-state index contributed by atoms with van der Waals surface area (Å²) in [7, 11) is 0. The van der Waals surface area contributed by atoms with Gasteiger partial charge in [0.05, 0.1) is 25.9 Å². The molecule has 0 aliphatic carbocycles. The number of esters is 1. The first-order valence-corrected chi connectivity index (χ1v) is 26.3. The number of hydrogen-bond acceptors (Lipinski definition) is 12. The summed E-state index contributed by atoms with van der Waals surface area (Å²) >= 11 is 35.5. The van der Waals surface area contributed by atoms with Crippen molar-refractivity contribution in [3.63, 3.8) is 0 Å². The Bertz CT molecular complexity index is 1980. The second-order valence-electron chi connectivity index (χ2n) is 17.2. The lowest BCUT2D eigenvalue weighted by Crippen LogP contribution is -2.67. The predicted molar refractivity (Wildman–Crippen MR) is 275 cm³/mol. The fourth-order valence-electron chi connectivity index (χ4n) is 7.57. The molecule has 71 heavy (non-hydrogen) atoms. The normalized spacial score (nSPS) is 19.0. The van der Waals surface area contributed by atoms with Crippen molar-refractivity contribution in [2.75, 3.05) is 19.8 Å². The Labute approximate surface area is 447 Å². The van der Waals surface area contributed by atoms with Crippen molar-refractivity contribution in [1.82, 2.24) is 10.6 Å². The molecule has 3 aromatic carbocycles. The molecule has 2 N–H and O–H groups in total. The van der Waals surface area contributed by atoms with Gasteiger partial charge >= 0.3 is 18.2 Å². The number of unbranched alkanes of at least 4 members (excludes halogenated alkanes) is 10. The highest BCUT2D eigenvalue weighted by atomic mass is 35.6. The number of carbonyl (C=O) groups excluding carboxylic acids is 4. The van der Waals surface area contributed by atoms with Gasteiger partial charge in [-0.1, -0.05) is 232 Å². The Balaban J connectivity index is 1.65. The number of alkyl halides is 6. The van der Waals surface area contributed by atoms with Crippen molar-refractivity contribution in [3.05, 3.63) is 108 Å². The van der Waals surface area contributed by atoms with Gasteiger partial charge in [0, 0.05) is 6.42 Å². The summed E-state index contributed by atoms with van der Waals surface area (Å²) in [5, 5.41) is 5.42. The number of halogens is 6. The van der Waals surface area contributed by atoms with E-state index in [0.717, 1.165) is 36.8 Å². The molecular weight excluding hydrogens is 1050 g/mol. The molecule has 2 amide bonds. The zero-order valence-corrected chi connectivity index (χ0v) is 44.6. The van der Waals surface area contributed by atoms with Crippen LogP contribution >= 0.6 is 69.6 Å². The maximum Gasteiger partial charge on any atom is 0.508 e. The van der Waals surface area contributed by atoms with Gasteiger partial charge in [0.1, 0.15) is 38.1 Å². The number of nitrogens with one attached hydrogen (secondary N) is 2. The molecule has 0 saturated carbocycles. The molecule has 0 aromatic heterocycles. The van der Waals surface area contributed by atoms with Crippen LogP contribution in [0.1, 0.15) is 108 Å². The number of carbonyl (C=O) groups is 4. The maximum absolute atomic E-state index is 14.1. The van der Waals surface area contributed by atoms with E-state index in [1.807, 2.05) is 66.7 Å². The van der Waals surface area contributed by atoms with E-state index in [4.69, 9.17) is 108 Å². The largest absolute Gasteiger partial charge is 0.508 e. The molecule has 14 nitrogen and oxygen atoms in total. The summed E-state index contributed by atoms with van der Waals surface area (Å²) in [6.45, 7) is 2.11. The van der Waals surface area contributed by atoms with E-state index in [9.17, 15) is 19.2 Å². The molecule has 20 heteroatoms. The highest BCUT2D eigenvalue weighted by Gasteiger charge is 2.52. The van der Waals surface area contributed by atoms with Crippen LogP contribution in [-0.4, -0.2) is 94.3 Å². The summed E-state index contributed by atoms with van der Waals surface area (Å²) in [6, 6.07) is 24.5. The van der Waals surface area contributed by atoms with Crippen LogP contribution in [0.25, 0.3) is 0 Å². The second kappa shape index (κ2) is 32.8. The first-order chi connectivity index (χ1) is 34.0. The lowest BCUT2D eigenvalue weighted by molar-refractivity contribution is -0.293. The van der Waals surface area contributed by atoms with Crippen molar-refractivity contribution in [3.8, 4) is 0 Å². The molecule has 1 saturated heterocycles. The van der Waals surface area contributed by atoms with Gasteiger partial charge in [-0.2, -0.15) is 0 Å². The molecule has 0 spiro atoms. The fourth-order valence-corrected chi connectivity index (χ4v) is 7.89. The summed E-state index contributed by atoms with van der Waals surface area (Å²) < 4.78 is 43.8. The minimum absolute atomic E-state index is 0.0417. The average molecular weight is 1110 g/mol. The van der Waals surface area contributed by atoms with E-state index in [0.29, 0.717) is 12.0 Å². The van der Waals surface area contributed by atoms with Gasteiger partial charge in [0.2, 0.25) is 13.5 Å². The van der Waals surface area contributed by atoms with Crippen LogP contribution in [0.5, 0.6) is 0 Å². The standard InChI is InChI=1S/C51H66Cl6N2O12/c1-3-4-5-6-7-8-9-10-11-12-22-29-41(60)58-42(46(61)66-32-39-27-20-15-21-28-39)36(2)69-47-43(59-48(62)67-34-50(52,53)54)45(71-49(63)68-35-51(55,56)57)44(65-31-38-25-18-14-19-26-38)40(70-47)33-64-30-37-23-16-13-17-24-37/h13-21,23-28,36,40,42-45,47H,3-12,22,29-35H2,1-2H3,(H,58,60)(H,59,62)/t36-,40+,42-,43+,44+,45+,47+/m0/s1. The Morgan fingerprint density at radius 3 is 1.69 bits per heavy atom. The minimum Gasteiger partial charge on any atom is -0.459 e. The Morgan fingerprint density at radius 1 is 0.634 bits per heavy atom. The van der Waals surface area contributed by atoms with Crippen LogP contribution in [0.15, 0.2) is 91.0 Å². The zero-order valence-electron chi connectivity index (χ0n) is 40.1. The zero-order chi connectivity index (χ0) is 51.5. The van der Waals surface area contributed by atoms with Crippen molar-refractivity contribution in [2.45, 2.75) is 161 Å². The third kappa shape index (κ3) is 25.0. The van der Waals surface area contributed by atoms with Gasteiger partial charge in [-0.25, -0.2) is 14.4 Å². The van der Waals surface area contributed by atoms with Gasteiger partial charge < -0.3 is 48.5 Å². The molecule has 0 bridgehead atoms. The molecule has 1 aliphatic heterocycles. The highest BCUT2D eigenvalue weighted by Crippen LogP contribution is 2.32. The number of ether oxygens (including phenoxy) is 8. The average Bonchev–Trinajstić information content (AvgIpc) is 3.34. The molecule has 0 radical (unpaired) electrons. The van der Waals surface area contributed by atoms with Crippen molar-refractivity contribution in [1.29, 1.82) is 0 Å². The molecule has 7 atom stereocenters. The number of hydrogen-bond donors (Lipinski definition) is 2. The topological polar surface area (TPSA) is 166 Å². The Hall–Kier alpha value is -3.28. The number of amides is 2. The van der Waals surface area contributed by atoms with Gasteiger partial charge in [-0.05, 0) is 30.0 Å². The lowest BCUT2D eigenvalue weighted by atomic mass is 9.96. The number of benzene rings is 3. The van der Waals surface area contributed by atoms with Gasteiger partial charge in [-0.3, -0.25) is 4.79 Å². The third-order valence-corrected chi connectivity index (χ3v) is 11.8. The molecule has 1 fully saturated rings. The van der Waals surface area contributed by atoms with Crippen LogP contribution in [-0.2, 0) is 67.3 Å². The quantitative estimate of drug-likeness (QED) is 0.0281. The first kappa shape index (κ1) is 60.3. The fraction of sp³-hybridized carbons (Fsp3) is 0.569. The first-order valence-electron chi connectivity index (χ1n) is 24.0. The number of rotatable bonds is 30. The minimum atomic E-state index is -2.02. The SMILES string of the molecule is CCCCCCCCCCCCCC(=O)N[C@H](C(=O)OCc1ccccc1)[C@H](C)O[C@@H]1O[C@H](COCc2ccccc2)[C@@H](OCc2ccccc2)[C@H](OC(=O)OCC(Cl)(Cl)Cl)[C@H]1NC(=O)OCC(Cl)(Cl)Cl. The van der Waals surface area contributed by atoms with Gasteiger partial charge in [-0.15, -0.1) is 0 Å². The second-order valence-corrected chi connectivity index (χ2v) is 22.2. The molecule has 4 rings (SSSR count). The summed E-state index contributed by atoms with van der Waals surface area (Å²) in [5.41, 5.74) is 2.27. The molecular formula is C51H66Cl6N2O12. The van der Waals surface area contributed by atoms with Gasteiger partial charge in [0.15, 0.2) is 18.4 Å². The van der Waals surface area contributed by atoms with Crippen LogP contribution in [0.3, 0.4) is 0 Å². The molecule has 0 unspecified atom stereocenters. The Kier molecular flexibility index (Phi) is 27.9. The maximum atomic E-state index is 14.1. The monoisotopic (exact) mass is 1110 g/mol. The van der Waals surface area contributed by atoms with Crippen molar-refractivity contribution >= 4 is 93.7 Å². The smallest absolute Gasteiger partial charge is 0.459 e. The van der Waals surface area contributed by atoms with E-state index in [1.54, 1.807) is 24.3 Å². The Morgan fingerprint density at radius 2 is 1.14 bits per heavy atom. The molecule has 3 aromatic rings. The van der Waals surface area contributed by atoms with E-state index in [2.05, 4.69) is 17.6 Å².